The smallest absolute Gasteiger partial charge is 0.307 e. The van der Waals surface area contributed by atoms with Crippen molar-refractivity contribution in [2.45, 2.75) is 17.9 Å². The number of benzene rings is 2. The second kappa shape index (κ2) is 9.61. The molecule has 0 radical (unpaired) electrons. The number of nitrogens with one attached hydrogen (secondary N) is 1. The summed E-state index contributed by atoms with van der Waals surface area (Å²) in [6.07, 6.45) is -0.143. The number of rotatable bonds is 8. The van der Waals surface area contributed by atoms with Crippen LogP contribution in [0.4, 0.5) is 0 Å². The van der Waals surface area contributed by atoms with E-state index >= 15 is 0 Å². The summed E-state index contributed by atoms with van der Waals surface area (Å²) < 4.78 is 37.1. The first-order valence-electron chi connectivity index (χ1n) is 8.82. The van der Waals surface area contributed by atoms with Crippen molar-refractivity contribution in [1.82, 2.24) is 9.71 Å². The Morgan fingerprint density at radius 1 is 1.13 bits per heavy atom. The maximum Gasteiger partial charge on any atom is 0.307 e. The van der Waals surface area contributed by atoms with Gasteiger partial charge < -0.3 is 9.47 Å². The molecule has 158 valence electrons. The number of nitrogens with zero attached hydrogens (tertiary/aromatic N) is 1. The van der Waals surface area contributed by atoms with Crippen LogP contribution in [0.1, 0.15) is 12.0 Å². The fourth-order valence-corrected chi connectivity index (χ4v) is 4.16. The molecular formula is C20H18Cl2N2O5S. The maximum atomic E-state index is 12.2. The van der Waals surface area contributed by atoms with E-state index in [1.165, 1.54) is 18.2 Å². The number of hydrogen-bond acceptors (Lipinski definition) is 6. The standard InChI is InChI=1S/C20H18Cl2N2O5S/c1-28-16-6-5-13-9-14(20(22)24-18(13)11-16)12-29-19(25)7-8-23-30(26,27)17-4-2-3-15(21)10-17/h2-6,9-11,23H,7-8,12H2,1H3. The number of carbonyl (C=O) groups excluding carboxylic acids is 1. The van der Waals surface area contributed by atoms with E-state index in [1.807, 2.05) is 6.07 Å². The van der Waals surface area contributed by atoms with Crippen molar-refractivity contribution in [3.8, 4) is 5.75 Å². The van der Waals surface area contributed by atoms with Gasteiger partial charge in [-0.3, -0.25) is 4.79 Å². The molecular weight excluding hydrogens is 451 g/mol. The topological polar surface area (TPSA) is 94.6 Å². The van der Waals surface area contributed by atoms with E-state index in [0.29, 0.717) is 21.9 Å². The highest BCUT2D eigenvalue weighted by Gasteiger charge is 2.15. The van der Waals surface area contributed by atoms with E-state index in [-0.39, 0.29) is 29.6 Å². The Kier molecular flexibility index (Phi) is 7.14. The molecule has 0 saturated carbocycles. The summed E-state index contributed by atoms with van der Waals surface area (Å²) in [6, 6.07) is 13.0. The van der Waals surface area contributed by atoms with Gasteiger partial charge in [0.25, 0.3) is 0 Å². The summed E-state index contributed by atoms with van der Waals surface area (Å²) in [7, 11) is -2.20. The van der Waals surface area contributed by atoms with Crippen LogP contribution in [0.3, 0.4) is 0 Å². The lowest BCUT2D eigenvalue weighted by atomic mass is 10.1. The zero-order chi connectivity index (χ0) is 21.7. The third-order valence-electron chi connectivity index (χ3n) is 4.17. The molecule has 1 aromatic heterocycles. The van der Waals surface area contributed by atoms with Crippen LogP contribution in [0, 0.1) is 0 Å². The monoisotopic (exact) mass is 468 g/mol. The first-order valence-corrected chi connectivity index (χ1v) is 11.1. The van der Waals surface area contributed by atoms with Crippen molar-refractivity contribution in [3.63, 3.8) is 0 Å². The lowest BCUT2D eigenvalue weighted by Crippen LogP contribution is -2.26. The number of ether oxygens (including phenoxy) is 2. The van der Waals surface area contributed by atoms with Crippen LogP contribution >= 0.6 is 23.2 Å². The highest BCUT2D eigenvalue weighted by atomic mass is 35.5. The second-order valence-electron chi connectivity index (χ2n) is 6.26. The largest absolute Gasteiger partial charge is 0.497 e. The number of fused-ring (bicyclic) bond motifs is 1. The minimum Gasteiger partial charge on any atom is -0.497 e. The van der Waals surface area contributed by atoms with E-state index in [2.05, 4.69) is 9.71 Å². The second-order valence-corrected chi connectivity index (χ2v) is 8.82. The van der Waals surface area contributed by atoms with Crippen LogP contribution in [-0.4, -0.2) is 33.0 Å². The van der Waals surface area contributed by atoms with Crippen molar-refractivity contribution >= 4 is 50.1 Å². The molecule has 7 nitrogen and oxygen atoms in total. The van der Waals surface area contributed by atoms with E-state index < -0.39 is 16.0 Å². The molecule has 3 rings (SSSR count). The molecule has 1 N–H and O–H groups in total. The minimum absolute atomic E-state index is 0.0222. The molecule has 0 amide bonds. The number of pyridine rings is 1. The Bertz CT molecular complexity index is 1190. The highest BCUT2D eigenvalue weighted by molar-refractivity contribution is 7.89. The molecule has 10 heteroatoms. The fraction of sp³-hybridized carbons (Fsp3) is 0.200. The normalized spacial score (nSPS) is 11.4. The quantitative estimate of drug-likeness (QED) is 0.397. The van der Waals surface area contributed by atoms with Gasteiger partial charge in [-0.25, -0.2) is 18.1 Å². The maximum absolute atomic E-state index is 12.2. The van der Waals surface area contributed by atoms with E-state index in [4.69, 9.17) is 32.7 Å². The molecule has 3 aromatic rings. The Labute approximate surface area is 184 Å². The SMILES string of the molecule is COc1ccc2cc(COC(=O)CCNS(=O)(=O)c3cccc(Cl)c3)c(Cl)nc2c1. The Hall–Kier alpha value is -2.39. The Morgan fingerprint density at radius 3 is 2.67 bits per heavy atom. The molecule has 2 aromatic carbocycles. The molecule has 0 aliphatic carbocycles. The van der Waals surface area contributed by atoms with Gasteiger partial charge >= 0.3 is 5.97 Å². The summed E-state index contributed by atoms with van der Waals surface area (Å²) in [4.78, 5) is 16.3. The minimum atomic E-state index is -3.77. The predicted octanol–water partition coefficient (Wildman–Crippen LogP) is 3.96. The number of carbonyl (C=O) groups is 1. The van der Waals surface area contributed by atoms with Crippen LogP contribution in [0.25, 0.3) is 10.9 Å². The number of methoxy groups -OCH3 is 1. The van der Waals surface area contributed by atoms with Crippen molar-refractivity contribution in [1.29, 1.82) is 0 Å². The predicted molar refractivity (Wildman–Crippen MR) is 114 cm³/mol. The van der Waals surface area contributed by atoms with Gasteiger partial charge in [0.2, 0.25) is 10.0 Å². The van der Waals surface area contributed by atoms with Crippen LogP contribution in [0.5, 0.6) is 5.75 Å². The summed E-state index contributed by atoms with van der Waals surface area (Å²) in [5.41, 5.74) is 1.20. The van der Waals surface area contributed by atoms with Crippen molar-refractivity contribution < 1.29 is 22.7 Å². The van der Waals surface area contributed by atoms with Gasteiger partial charge in [0.15, 0.2) is 0 Å². The van der Waals surface area contributed by atoms with E-state index in [0.717, 1.165) is 5.39 Å². The van der Waals surface area contributed by atoms with Gasteiger partial charge in [-0.15, -0.1) is 0 Å². The fourth-order valence-electron chi connectivity index (χ4n) is 2.63. The number of esters is 1. The third kappa shape index (κ3) is 5.60. The average molecular weight is 469 g/mol. The highest BCUT2D eigenvalue weighted by Crippen LogP contribution is 2.24. The first kappa shape index (κ1) is 22.3. The van der Waals surface area contributed by atoms with Gasteiger partial charge in [0.1, 0.15) is 17.5 Å². The molecule has 0 fully saturated rings. The van der Waals surface area contributed by atoms with Crippen molar-refractivity contribution in [3.05, 3.63) is 64.3 Å². The lowest BCUT2D eigenvalue weighted by molar-refractivity contribution is -0.144. The third-order valence-corrected chi connectivity index (χ3v) is 6.19. The first-order chi connectivity index (χ1) is 14.3. The Balaban J connectivity index is 1.55. The van der Waals surface area contributed by atoms with Gasteiger partial charge in [-0.05, 0) is 36.4 Å². The Morgan fingerprint density at radius 2 is 1.93 bits per heavy atom. The number of sulfonamides is 1. The summed E-state index contributed by atoms with van der Waals surface area (Å²) >= 11 is 12.0. The summed E-state index contributed by atoms with van der Waals surface area (Å²) in [5, 5.41) is 1.34. The number of aromatic nitrogens is 1. The average Bonchev–Trinajstić information content (AvgIpc) is 2.71. The molecule has 30 heavy (non-hydrogen) atoms. The molecule has 0 aliphatic heterocycles. The van der Waals surface area contributed by atoms with Crippen LogP contribution < -0.4 is 9.46 Å². The van der Waals surface area contributed by atoms with Crippen LogP contribution in [-0.2, 0) is 26.2 Å². The lowest BCUT2D eigenvalue weighted by Gasteiger charge is -2.09. The van der Waals surface area contributed by atoms with Crippen LogP contribution in [0.2, 0.25) is 10.2 Å². The van der Waals surface area contributed by atoms with E-state index in [9.17, 15) is 13.2 Å². The molecule has 0 spiro atoms. The zero-order valence-electron chi connectivity index (χ0n) is 15.9. The van der Waals surface area contributed by atoms with Crippen molar-refractivity contribution in [2.24, 2.45) is 0 Å². The zero-order valence-corrected chi connectivity index (χ0v) is 18.2. The molecule has 0 bridgehead atoms. The molecule has 0 atom stereocenters. The van der Waals surface area contributed by atoms with Gasteiger partial charge in [-0.2, -0.15) is 0 Å². The van der Waals surface area contributed by atoms with Gasteiger partial charge in [0.05, 0.1) is 23.9 Å². The van der Waals surface area contributed by atoms with Crippen molar-refractivity contribution in [2.75, 3.05) is 13.7 Å². The molecule has 0 saturated heterocycles. The number of halogens is 2. The van der Waals surface area contributed by atoms with Crippen LogP contribution in [0.15, 0.2) is 53.4 Å². The van der Waals surface area contributed by atoms with Gasteiger partial charge in [0, 0.05) is 28.6 Å². The molecule has 1 heterocycles. The molecule has 0 unspecified atom stereocenters. The molecule has 0 aliphatic rings. The van der Waals surface area contributed by atoms with Gasteiger partial charge in [-0.1, -0.05) is 29.3 Å². The van der Waals surface area contributed by atoms with E-state index in [1.54, 1.807) is 31.4 Å². The number of hydrogen-bond donors (Lipinski definition) is 1. The summed E-state index contributed by atoms with van der Waals surface area (Å²) in [5.74, 6) is 0.0835. The summed E-state index contributed by atoms with van der Waals surface area (Å²) in [6.45, 7) is -0.190.